The van der Waals surface area contributed by atoms with Crippen LogP contribution in [0.1, 0.15) is 37.0 Å². The van der Waals surface area contributed by atoms with E-state index >= 15 is 0 Å². The average molecular weight is 342 g/mol. The highest BCUT2D eigenvalue weighted by Gasteiger charge is 2.40. The van der Waals surface area contributed by atoms with Crippen molar-refractivity contribution in [1.29, 1.82) is 0 Å². The molecule has 3 heteroatoms. The van der Waals surface area contributed by atoms with E-state index in [1.54, 1.807) is 7.11 Å². The van der Waals surface area contributed by atoms with Crippen molar-refractivity contribution in [3.8, 4) is 15.6 Å². The molecule has 1 aromatic rings. The molecule has 0 radical (unpaired) electrons. The first-order valence-corrected chi connectivity index (χ1v) is 6.83. The van der Waals surface area contributed by atoms with Gasteiger partial charge in [0.2, 0.25) is 0 Å². The Morgan fingerprint density at radius 2 is 2.29 bits per heavy atom. The van der Waals surface area contributed by atoms with Gasteiger partial charge in [-0.3, -0.25) is 0 Å². The van der Waals surface area contributed by atoms with Gasteiger partial charge in [-0.25, -0.2) is 0 Å². The predicted molar refractivity (Wildman–Crippen MR) is 76.4 cm³/mol. The third-order valence-electron chi connectivity index (χ3n) is 2.90. The molecular weight excluding hydrogens is 327 g/mol. The number of methoxy groups -OCH3 is 1. The van der Waals surface area contributed by atoms with Gasteiger partial charge >= 0.3 is 0 Å². The Bertz CT molecular complexity index is 459. The van der Waals surface area contributed by atoms with Crippen molar-refractivity contribution in [1.82, 2.24) is 0 Å². The summed E-state index contributed by atoms with van der Waals surface area (Å²) in [6.45, 7) is 2.18. The summed E-state index contributed by atoms with van der Waals surface area (Å²) in [5, 5.41) is 0. The van der Waals surface area contributed by atoms with E-state index < -0.39 is 0 Å². The van der Waals surface area contributed by atoms with Crippen LogP contribution in [0.4, 0.5) is 0 Å². The number of epoxide rings is 1. The number of benzene rings is 1. The molecule has 1 fully saturated rings. The maximum absolute atomic E-state index is 5.70. The molecule has 2 rings (SSSR count). The molecule has 2 unspecified atom stereocenters. The molecule has 90 valence electrons. The zero-order valence-corrected chi connectivity index (χ0v) is 12.2. The quantitative estimate of drug-likeness (QED) is 0.473. The number of hydrogen-bond donors (Lipinski definition) is 0. The van der Waals surface area contributed by atoms with E-state index in [-0.39, 0.29) is 6.10 Å². The van der Waals surface area contributed by atoms with Crippen LogP contribution in [0.15, 0.2) is 18.2 Å². The standard InChI is InChI=1S/C14H15IO2/c1-3-4-13-14(17-13)12-9-11(16-2)6-5-10(12)7-8-15/h5-6,9,13-14H,3-4H2,1-2H3. The third kappa shape index (κ3) is 2.93. The summed E-state index contributed by atoms with van der Waals surface area (Å²) in [5.74, 6) is 3.98. The molecule has 2 nitrogen and oxygen atoms in total. The summed E-state index contributed by atoms with van der Waals surface area (Å²) in [7, 11) is 1.68. The van der Waals surface area contributed by atoms with E-state index in [1.165, 1.54) is 0 Å². The van der Waals surface area contributed by atoms with Crippen molar-refractivity contribution >= 4 is 22.6 Å². The summed E-state index contributed by atoms with van der Waals surface area (Å²) in [5.41, 5.74) is 2.20. The van der Waals surface area contributed by atoms with Crippen LogP contribution < -0.4 is 4.74 Å². The topological polar surface area (TPSA) is 21.8 Å². The van der Waals surface area contributed by atoms with E-state index in [9.17, 15) is 0 Å². The lowest BCUT2D eigenvalue weighted by molar-refractivity contribution is 0.363. The maximum atomic E-state index is 5.70. The second-order valence-corrected chi connectivity index (χ2v) is 4.60. The van der Waals surface area contributed by atoms with Crippen molar-refractivity contribution in [3.05, 3.63) is 29.3 Å². The minimum absolute atomic E-state index is 0.206. The molecule has 0 N–H and O–H groups in total. The fraction of sp³-hybridized carbons (Fsp3) is 0.429. The Morgan fingerprint density at radius 3 is 2.94 bits per heavy atom. The number of ether oxygens (including phenoxy) is 2. The number of rotatable bonds is 4. The van der Waals surface area contributed by atoms with Crippen LogP contribution in [0.5, 0.6) is 5.75 Å². The first-order valence-electron chi connectivity index (χ1n) is 5.75. The minimum Gasteiger partial charge on any atom is -0.497 e. The molecule has 1 aromatic carbocycles. The molecule has 0 saturated carbocycles. The first-order chi connectivity index (χ1) is 8.30. The van der Waals surface area contributed by atoms with Gasteiger partial charge in [-0.2, -0.15) is 0 Å². The lowest BCUT2D eigenvalue weighted by atomic mass is 10.0. The highest BCUT2D eigenvalue weighted by atomic mass is 127. The van der Waals surface area contributed by atoms with Gasteiger partial charge in [0, 0.05) is 33.7 Å². The number of halogens is 1. The molecule has 0 amide bonds. The van der Waals surface area contributed by atoms with Crippen LogP contribution in [0, 0.1) is 9.85 Å². The molecule has 1 aliphatic rings. The normalized spacial score (nSPS) is 21.6. The molecular formula is C14H15IO2. The Kier molecular flexibility index (Phi) is 4.30. The molecule has 0 aliphatic carbocycles. The molecule has 1 aliphatic heterocycles. The van der Waals surface area contributed by atoms with Gasteiger partial charge in [-0.15, -0.1) is 0 Å². The molecule has 0 bridgehead atoms. The molecule has 0 aromatic heterocycles. The van der Waals surface area contributed by atoms with Gasteiger partial charge in [0.25, 0.3) is 0 Å². The molecule has 1 saturated heterocycles. The largest absolute Gasteiger partial charge is 0.497 e. The third-order valence-corrected chi connectivity index (χ3v) is 3.17. The highest BCUT2D eigenvalue weighted by Crippen LogP contribution is 2.43. The van der Waals surface area contributed by atoms with Gasteiger partial charge in [-0.1, -0.05) is 19.3 Å². The van der Waals surface area contributed by atoms with Crippen molar-refractivity contribution in [2.24, 2.45) is 0 Å². The summed E-state index contributed by atoms with van der Waals surface area (Å²) in [6.07, 6.45) is 2.83. The average Bonchev–Trinajstić information content (AvgIpc) is 3.10. The van der Waals surface area contributed by atoms with Crippen molar-refractivity contribution in [3.63, 3.8) is 0 Å². The van der Waals surface area contributed by atoms with E-state index in [2.05, 4.69) is 39.4 Å². The smallest absolute Gasteiger partial charge is 0.119 e. The SMILES string of the molecule is CCCC1OC1c1cc(OC)ccc1C#CI. The fourth-order valence-corrected chi connectivity index (χ4v) is 2.28. The van der Waals surface area contributed by atoms with Crippen LogP contribution in [-0.4, -0.2) is 13.2 Å². The number of hydrogen-bond acceptors (Lipinski definition) is 2. The summed E-state index contributed by atoms with van der Waals surface area (Å²) in [4.78, 5) is 0. The summed E-state index contributed by atoms with van der Waals surface area (Å²) < 4.78 is 13.9. The second-order valence-electron chi connectivity index (χ2n) is 4.06. The van der Waals surface area contributed by atoms with Gasteiger partial charge < -0.3 is 9.47 Å². The van der Waals surface area contributed by atoms with Crippen LogP contribution in [0.2, 0.25) is 0 Å². The first kappa shape index (κ1) is 12.7. The Labute approximate surface area is 116 Å². The minimum atomic E-state index is 0.206. The van der Waals surface area contributed by atoms with Gasteiger partial charge in [0.15, 0.2) is 0 Å². The predicted octanol–water partition coefficient (Wildman–Crippen LogP) is 3.68. The highest BCUT2D eigenvalue weighted by molar-refractivity contribution is 14.1. The van der Waals surface area contributed by atoms with E-state index in [1.807, 2.05) is 18.2 Å². The second kappa shape index (κ2) is 5.74. The zero-order valence-electron chi connectivity index (χ0n) is 10.00. The molecule has 1 heterocycles. The molecule has 2 atom stereocenters. The van der Waals surface area contributed by atoms with Gasteiger partial charge in [-0.05, 0) is 28.5 Å². The Balaban J connectivity index is 2.26. The molecule has 0 spiro atoms. The van der Waals surface area contributed by atoms with Crippen molar-refractivity contribution < 1.29 is 9.47 Å². The molecule has 17 heavy (non-hydrogen) atoms. The summed E-state index contributed by atoms with van der Waals surface area (Å²) >= 11 is 2.06. The lowest BCUT2D eigenvalue weighted by Gasteiger charge is -2.05. The van der Waals surface area contributed by atoms with E-state index in [0.29, 0.717) is 6.10 Å². The summed E-state index contributed by atoms with van der Waals surface area (Å²) in [6, 6.07) is 5.98. The Hall–Kier alpha value is -0.730. The van der Waals surface area contributed by atoms with E-state index in [0.717, 1.165) is 29.7 Å². The Morgan fingerprint density at radius 1 is 1.47 bits per heavy atom. The van der Waals surface area contributed by atoms with Crippen molar-refractivity contribution in [2.75, 3.05) is 7.11 Å². The monoisotopic (exact) mass is 342 g/mol. The van der Waals surface area contributed by atoms with Crippen LogP contribution >= 0.6 is 22.6 Å². The van der Waals surface area contributed by atoms with E-state index in [4.69, 9.17) is 9.47 Å². The maximum Gasteiger partial charge on any atom is 0.119 e. The fourth-order valence-electron chi connectivity index (χ4n) is 1.99. The van der Waals surface area contributed by atoms with Crippen molar-refractivity contribution in [2.45, 2.75) is 32.0 Å². The van der Waals surface area contributed by atoms with Crippen LogP contribution in [0.25, 0.3) is 0 Å². The lowest BCUT2D eigenvalue weighted by Crippen LogP contribution is -1.94. The van der Waals surface area contributed by atoms with Gasteiger partial charge in [0.1, 0.15) is 11.9 Å². The van der Waals surface area contributed by atoms with Gasteiger partial charge in [0.05, 0.1) is 13.2 Å². The van der Waals surface area contributed by atoms with Crippen LogP contribution in [-0.2, 0) is 4.74 Å². The van der Waals surface area contributed by atoms with Crippen LogP contribution in [0.3, 0.4) is 0 Å². The zero-order chi connectivity index (χ0) is 12.3.